The number of methoxy groups -OCH3 is 1. The lowest BCUT2D eigenvalue weighted by molar-refractivity contribution is -0.128. The predicted molar refractivity (Wildman–Crippen MR) is 90.9 cm³/mol. The molecule has 2 heterocycles. The van der Waals surface area contributed by atoms with Gasteiger partial charge < -0.3 is 14.7 Å². The van der Waals surface area contributed by atoms with Crippen LogP contribution in [0.4, 0.5) is 0 Å². The van der Waals surface area contributed by atoms with E-state index in [9.17, 15) is 4.79 Å². The Morgan fingerprint density at radius 1 is 1.52 bits per heavy atom. The Bertz CT molecular complexity index is 655. The molecular weight excluding hydrogens is 312 g/mol. The predicted octanol–water partition coefficient (Wildman–Crippen LogP) is 2.49. The van der Waals surface area contributed by atoms with Gasteiger partial charge in [0.1, 0.15) is 0 Å². The first kappa shape index (κ1) is 17.3. The lowest BCUT2D eigenvalue weighted by Gasteiger charge is -2.26. The van der Waals surface area contributed by atoms with Crippen molar-refractivity contribution < 1.29 is 14.6 Å². The molecule has 23 heavy (non-hydrogen) atoms. The summed E-state index contributed by atoms with van der Waals surface area (Å²) in [5.74, 6) is -0.128. The van der Waals surface area contributed by atoms with E-state index in [0.717, 1.165) is 16.1 Å². The number of aliphatic hydroxyl groups is 1. The highest BCUT2D eigenvalue weighted by molar-refractivity contribution is 7.11. The van der Waals surface area contributed by atoms with Gasteiger partial charge in [-0.1, -0.05) is 6.07 Å². The van der Waals surface area contributed by atoms with Crippen LogP contribution in [-0.4, -0.2) is 41.7 Å². The highest BCUT2D eigenvalue weighted by atomic mass is 32.1. The van der Waals surface area contributed by atoms with Crippen LogP contribution >= 0.6 is 11.3 Å². The Balaban J connectivity index is 2.09. The molecule has 0 saturated carbocycles. The molecule has 5 nitrogen and oxygen atoms in total. The van der Waals surface area contributed by atoms with Gasteiger partial charge in [-0.3, -0.25) is 9.78 Å². The Morgan fingerprint density at radius 3 is 2.96 bits per heavy atom. The maximum Gasteiger partial charge on any atom is 0.246 e. The normalized spacial score (nSPS) is 12.5. The molecule has 2 aromatic rings. The van der Waals surface area contributed by atoms with Crippen LogP contribution in [0.15, 0.2) is 41.9 Å². The molecule has 0 fully saturated rings. The molecule has 0 radical (unpaired) electrons. The van der Waals surface area contributed by atoms with Gasteiger partial charge in [0.25, 0.3) is 0 Å². The molecule has 2 aromatic heterocycles. The first-order valence-corrected chi connectivity index (χ1v) is 8.06. The van der Waals surface area contributed by atoms with Crippen molar-refractivity contribution in [3.63, 3.8) is 0 Å². The number of hydrogen-bond donors (Lipinski definition) is 1. The summed E-state index contributed by atoms with van der Waals surface area (Å²) in [4.78, 5) is 19.2. The Kier molecular flexibility index (Phi) is 6.46. The van der Waals surface area contributed by atoms with E-state index in [2.05, 4.69) is 4.98 Å². The number of nitrogens with zero attached hydrogens (tertiary/aromatic N) is 2. The summed E-state index contributed by atoms with van der Waals surface area (Å²) in [6.45, 7) is 0.383. The van der Waals surface area contributed by atoms with E-state index in [1.165, 1.54) is 17.4 Å². The van der Waals surface area contributed by atoms with Crippen LogP contribution in [0.2, 0.25) is 0 Å². The largest absolute Gasteiger partial charge is 0.392 e. The maximum atomic E-state index is 12.4. The molecule has 0 aromatic carbocycles. The molecule has 1 atom stereocenters. The molecule has 0 aliphatic rings. The lowest BCUT2D eigenvalue weighted by atomic mass is 10.1. The fourth-order valence-electron chi connectivity index (χ4n) is 2.12. The average molecular weight is 332 g/mol. The summed E-state index contributed by atoms with van der Waals surface area (Å²) in [7, 11) is 3.34. The second-order valence-electron chi connectivity index (χ2n) is 5.02. The standard InChI is InChI=1S/C17H20N2O3S/c1-19(16(11-22-2)15-5-3-4-8-18-15)17(21)7-6-14-9-13(10-20)12-23-14/h3-9,12,16,20H,10-11H2,1-2H3/b7-6+. The highest BCUT2D eigenvalue weighted by Gasteiger charge is 2.21. The van der Waals surface area contributed by atoms with Crippen LogP contribution in [0.1, 0.15) is 22.2 Å². The van der Waals surface area contributed by atoms with Crippen molar-refractivity contribution in [3.8, 4) is 0 Å². The zero-order valence-corrected chi connectivity index (χ0v) is 14.0. The number of likely N-dealkylation sites (N-methyl/N-ethyl adjacent to an activating group) is 1. The number of carbonyl (C=O) groups excluding carboxylic acids is 1. The van der Waals surface area contributed by atoms with Crippen molar-refractivity contribution in [3.05, 3.63) is 58.1 Å². The maximum absolute atomic E-state index is 12.4. The van der Waals surface area contributed by atoms with E-state index in [1.807, 2.05) is 29.6 Å². The number of aliphatic hydroxyl groups excluding tert-OH is 1. The molecule has 0 aliphatic heterocycles. The van der Waals surface area contributed by atoms with Gasteiger partial charge in [-0.2, -0.15) is 0 Å². The molecule has 122 valence electrons. The van der Waals surface area contributed by atoms with Crippen LogP contribution in [0.5, 0.6) is 0 Å². The minimum absolute atomic E-state index is 0.00772. The Morgan fingerprint density at radius 2 is 2.35 bits per heavy atom. The second-order valence-corrected chi connectivity index (χ2v) is 5.97. The topological polar surface area (TPSA) is 62.7 Å². The zero-order chi connectivity index (χ0) is 16.7. The fourth-order valence-corrected chi connectivity index (χ4v) is 2.91. The van der Waals surface area contributed by atoms with Gasteiger partial charge in [0, 0.05) is 31.3 Å². The summed E-state index contributed by atoms with van der Waals surface area (Å²) < 4.78 is 5.23. The van der Waals surface area contributed by atoms with Gasteiger partial charge >= 0.3 is 0 Å². The summed E-state index contributed by atoms with van der Waals surface area (Å²) in [5.41, 5.74) is 1.64. The van der Waals surface area contributed by atoms with Gasteiger partial charge in [0.15, 0.2) is 0 Å². The SMILES string of the molecule is COCC(c1ccccn1)N(C)C(=O)/C=C/c1cc(CO)cs1. The number of hydrogen-bond acceptors (Lipinski definition) is 5. The summed E-state index contributed by atoms with van der Waals surface area (Å²) in [6.07, 6.45) is 4.98. The van der Waals surface area contributed by atoms with E-state index in [-0.39, 0.29) is 18.6 Å². The summed E-state index contributed by atoms with van der Waals surface area (Å²) in [6, 6.07) is 7.23. The van der Waals surface area contributed by atoms with Crippen molar-refractivity contribution in [2.75, 3.05) is 20.8 Å². The fraction of sp³-hybridized carbons (Fsp3) is 0.294. The molecule has 1 amide bonds. The minimum Gasteiger partial charge on any atom is -0.392 e. The van der Waals surface area contributed by atoms with Crippen LogP contribution in [0.3, 0.4) is 0 Å². The molecule has 6 heteroatoms. The number of amides is 1. The highest BCUT2D eigenvalue weighted by Crippen LogP contribution is 2.19. The van der Waals surface area contributed by atoms with Crippen molar-refractivity contribution in [2.24, 2.45) is 0 Å². The minimum atomic E-state index is -0.241. The third kappa shape index (κ3) is 4.72. The molecule has 1 unspecified atom stereocenters. The average Bonchev–Trinajstić information content (AvgIpc) is 3.06. The first-order chi connectivity index (χ1) is 11.2. The number of thiophene rings is 1. The van der Waals surface area contributed by atoms with E-state index in [1.54, 1.807) is 31.3 Å². The molecule has 1 N–H and O–H groups in total. The van der Waals surface area contributed by atoms with Crippen LogP contribution in [0.25, 0.3) is 6.08 Å². The van der Waals surface area contributed by atoms with E-state index in [4.69, 9.17) is 9.84 Å². The Labute approximate surface area is 139 Å². The van der Waals surface area contributed by atoms with Gasteiger partial charge in [0.05, 0.1) is 24.9 Å². The zero-order valence-electron chi connectivity index (χ0n) is 13.2. The smallest absolute Gasteiger partial charge is 0.246 e. The summed E-state index contributed by atoms with van der Waals surface area (Å²) in [5, 5.41) is 10.9. The molecule has 0 aliphatic carbocycles. The van der Waals surface area contributed by atoms with E-state index in [0.29, 0.717) is 6.61 Å². The number of pyridine rings is 1. The van der Waals surface area contributed by atoms with Gasteiger partial charge in [-0.15, -0.1) is 11.3 Å². The van der Waals surface area contributed by atoms with Crippen molar-refractivity contribution in [1.82, 2.24) is 9.88 Å². The third-order valence-corrected chi connectivity index (χ3v) is 4.36. The quantitative estimate of drug-likeness (QED) is 0.791. The monoisotopic (exact) mass is 332 g/mol. The summed E-state index contributed by atoms with van der Waals surface area (Å²) >= 11 is 1.49. The second kappa shape index (κ2) is 8.57. The number of carbonyl (C=O) groups is 1. The number of ether oxygens (including phenoxy) is 1. The van der Waals surface area contributed by atoms with Gasteiger partial charge in [-0.05, 0) is 35.2 Å². The third-order valence-electron chi connectivity index (χ3n) is 3.42. The van der Waals surface area contributed by atoms with Crippen molar-refractivity contribution >= 4 is 23.3 Å². The first-order valence-electron chi connectivity index (χ1n) is 7.18. The van der Waals surface area contributed by atoms with Crippen LogP contribution in [-0.2, 0) is 16.1 Å². The molecule has 0 bridgehead atoms. The number of rotatable bonds is 7. The van der Waals surface area contributed by atoms with Crippen LogP contribution < -0.4 is 0 Å². The van der Waals surface area contributed by atoms with Crippen molar-refractivity contribution in [2.45, 2.75) is 12.6 Å². The molecule has 0 saturated heterocycles. The molecule has 0 spiro atoms. The number of aromatic nitrogens is 1. The van der Waals surface area contributed by atoms with Gasteiger partial charge in [-0.25, -0.2) is 0 Å². The Hall–Kier alpha value is -2.02. The molecule has 2 rings (SSSR count). The molecular formula is C17H20N2O3S. The van der Waals surface area contributed by atoms with Crippen LogP contribution in [0, 0.1) is 0 Å². The van der Waals surface area contributed by atoms with E-state index >= 15 is 0 Å². The van der Waals surface area contributed by atoms with Gasteiger partial charge in [0.2, 0.25) is 5.91 Å². The van der Waals surface area contributed by atoms with Crippen molar-refractivity contribution in [1.29, 1.82) is 0 Å². The van der Waals surface area contributed by atoms with E-state index < -0.39 is 0 Å². The lowest BCUT2D eigenvalue weighted by Crippen LogP contribution is -2.33.